The molecule has 0 aromatic heterocycles. The molecule has 0 saturated carbocycles. The topological polar surface area (TPSA) is 128 Å². The molecular weight excluding hydrogens is 453 g/mol. The van der Waals surface area contributed by atoms with Crippen molar-refractivity contribution in [1.82, 2.24) is 5.32 Å². The zero-order valence-corrected chi connectivity index (χ0v) is 18.4. The van der Waals surface area contributed by atoms with Crippen molar-refractivity contribution in [3.05, 3.63) is 63.1 Å². The summed E-state index contributed by atoms with van der Waals surface area (Å²) in [5, 5.41) is 29.1. The number of amides is 2. The number of alkyl carbamates (subject to hydrolysis) is 1. The largest absolute Gasteiger partial charge is 0.450 e. The number of aryl methyl sites for hydroxylation is 1. The summed E-state index contributed by atoms with van der Waals surface area (Å²) >= 11 is 13.0. The van der Waals surface area contributed by atoms with Gasteiger partial charge < -0.3 is 4.74 Å². The number of azo groups is 1. The smallest absolute Gasteiger partial charge is 0.413 e. The molecule has 162 valence electrons. The number of fused-ring (bicyclic) bond motifs is 1. The first kappa shape index (κ1) is 23.2. The highest BCUT2D eigenvalue weighted by molar-refractivity contribution is 6.36. The molecule has 10 heteroatoms. The van der Waals surface area contributed by atoms with Crippen LogP contribution in [0.2, 0.25) is 10.0 Å². The molecule has 0 bridgehead atoms. The molecule has 0 fully saturated rings. The maximum absolute atomic E-state index is 12.0. The van der Waals surface area contributed by atoms with Crippen molar-refractivity contribution >= 4 is 40.9 Å². The molecule has 0 aliphatic heterocycles. The van der Waals surface area contributed by atoms with Gasteiger partial charge in [0.25, 0.3) is 5.91 Å². The van der Waals surface area contributed by atoms with Gasteiger partial charge in [-0.15, -0.1) is 0 Å². The third-order valence-corrected chi connectivity index (χ3v) is 5.65. The molecule has 1 aliphatic carbocycles. The van der Waals surface area contributed by atoms with Gasteiger partial charge in [0.1, 0.15) is 11.5 Å². The second kappa shape index (κ2) is 9.78. The monoisotopic (exact) mass is 469 g/mol. The maximum atomic E-state index is 12.0. The number of nitrogens with zero attached hydrogens (tertiary/aromatic N) is 4. The average molecular weight is 470 g/mol. The predicted molar refractivity (Wildman–Crippen MR) is 117 cm³/mol. The van der Waals surface area contributed by atoms with E-state index >= 15 is 0 Å². The van der Waals surface area contributed by atoms with Gasteiger partial charge in [0.05, 0.1) is 18.4 Å². The Balaban J connectivity index is 1.90. The Kier molecular flexibility index (Phi) is 7.09. The van der Waals surface area contributed by atoms with E-state index in [9.17, 15) is 14.9 Å². The van der Waals surface area contributed by atoms with Gasteiger partial charge in [0.15, 0.2) is 0 Å². The van der Waals surface area contributed by atoms with Crippen molar-refractivity contribution in [3.8, 4) is 12.1 Å². The minimum atomic E-state index is -1.58. The first-order valence-electron chi connectivity index (χ1n) is 9.63. The lowest BCUT2D eigenvalue weighted by Gasteiger charge is -2.25. The van der Waals surface area contributed by atoms with Crippen LogP contribution in [0.1, 0.15) is 30.0 Å². The lowest BCUT2D eigenvalue weighted by molar-refractivity contribution is -0.120. The molecule has 32 heavy (non-hydrogen) atoms. The van der Waals surface area contributed by atoms with Crippen molar-refractivity contribution in [1.29, 1.82) is 10.5 Å². The first-order valence-corrected chi connectivity index (χ1v) is 10.4. The molecule has 2 unspecified atom stereocenters. The summed E-state index contributed by atoms with van der Waals surface area (Å²) in [6, 6.07) is 13.0. The highest BCUT2D eigenvalue weighted by Crippen LogP contribution is 2.49. The van der Waals surface area contributed by atoms with E-state index in [4.69, 9.17) is 28.5 Å². The van der Waals surface area contributed by atoms with E-state index in [0.717, 1.165) is 17.5 Å². The lowest BCUT2D eigenvalue weighted by Crippen LogP contribution is -2.37. The Bertz CT molecular complexity index is 1160. The number of halogens is 2. The van der Waals surface area contributed by atoms with E-state index in [1.165, 1.54) is 12.1 Å². The standard InChI is InChI=1S/C22H17Cl2N5O3/c1-2-32-21(31)27-20(30)18(11-25)29-28-14-9-16(23)19(17(24)10-14)22(12-26)8-7-13-5-3-4-6-15(13)22/h3-6,9-10,18H,2,7-8H2,1H3,(H,27,30,31). The Hall–Kier alpha value is -3.46. The molecule has 0 heterocycles. The van der Waals surface area contributed by atoms with Gasteiger partial charge in [-0.05, 0) is 43.0 Å². The number of rotatable bonds is 5. The van der Waals surface area contributed by atoms with Crippen molar-refractivity contribution in [3.63, 3.8) is 0 Å². The Labute approximate surface area is 194 Å². The van der Waals surface area contributed by atoms with E-state index < -0.39 is 23.5 Å². The summed E-state index contributed by atoms with van der Waals surface area (Å²) in [4.78, 5) is 23.3. The van der Waals surface area contributed by atoms with Gasteiger partial charge in [0.2, 0.25) is 6.04 Å². The first-order chi connectivity index (χ1) is 15.4. The summed E-state index contributed by atoms with van der Waals surface area (Å²) in [6.07, 6.45) is 0.271. The van der Waals surface area contributed by atoms with Crippen molar-refractivity contribution in [2.45, 2.75) is 31.2 Å². The fourth-order valence-electron chi connectivity index (χ4n) is 3.67. The van der Waals surface area contributed by atoms with Gasteiger partial charge in [-0.3, -0.25) is 10.1 Å². The van der Waals surface area contributed by atoms with Crippen molar-refractivity contribution in [2.24, 2.45) is 10.2 Å². The van der Waals surface area contributed by atoms with Gasteiger partial charge in [-0.1, -0.05) is 47.5 Å². The van der Waals surface area contributed by atoms with E-state index in [0.29, 0.717) is 12.0 Å². The van der Waals surface area contributed by atoms with Crippen LogP contribution in [-0.4, -0.2) is 24.6 Å². The summed E-state index contributed by atoms with van der Waals surface area (Å²) in [7, 11) is 0. The quantitative estimate of drug-likeness (QED) is 0.616. The van der Waals surface area contributed by atoms with E-state index in [1.807, 2.05) is 29.6 Å². The van der Waals surface area contributed by atoms with E-state index in [2.05, 4.69) is 21.0 Å². The van der Waals surface area contributed by atoms with Crippen LogP contribution in [0.15, 0.2) is 46.6 Å². The molecule has 1 N–H and O–H groups in total. The maximum Gasteiger partial charge on any atom is 0.413 e. The normalized spacial score (nSPS) is 17.8. The average Bonchev–Trinajstić information content (AvgIpc) is 3.13. The highest BCUT2D eigenvalue weighted by atomic mass is 35.5. The summed E-state index contributed by atoms with van der Waals surface area (Å²) < 4.78 is 4.59. The predicted octanol–water partition coefficient (Wildman–Crippen LogP) is 5.00. The van der Waals surface area contributed by atoms with Crippen LogP contribution in [0.4, 0.5) is 10.5 Å². The number of hydrogen-bond acceptors (Lipinski definition) is 7. The zero-order valence-electron chi connectivity index (χ0n) is 16.9. The number of imide groups is 1. The molecule has 2 atom stereocenters. The Morgan fingerprint density at radius 1 is 1.25 bits per heavy atom. The lowest BCUT2D eigenvalue weighted by atomic mass is 9.76. The van der Waals surface area contributed by atoms with Crippen molar-refractivity contribution in [2.75, 3.05) is 6.61 Å². The minimum Gasteiger partial charge on any atom is -0.450 e. The third kappa shape index (κ3) is 4.43. The van der Waals surface area contributed by atoms with Crippen LogP contribution < -0.4 is 5.32 Å². The van der Waals surface area contributed by atoms with Crippen LogP contribution in [0, 0.1) is 22.7 Å². The van der Waals surface area contributed by atoms with Crippen LogP contribution >= 0.6 is 23.2 Å². The molecule has 3 rings (SSSR count). The molecule has 0 spiro atoms. The zero-order chi connectivity index (χ0) is 23.3. The minimum absolute atomic E-state index is 0.0653. The van der Waals surface area contributed by atoms with E-state index in [1.54, 1.807) is 13.0 Å². The number of carbonyl (C=O) groups excluding carboxylic acids is 2. The molecule has 2 aromatic rings. The van der Waals surface area contributed by atoms with Gasteiger partial charge in [-0.2, -0.15) is 20.8 Å². The highest BCUT2D eigenvalue weighted by Gasteiger charge is 2.43. The molecular formula is C22H17Cl2N5O3. The fraction of sp³-hybridized carbons (Fsp3) is 0.273. The summed E-state index contributed by atoms with van der Waals surface area (Å²) in [5.41, 5.74) is 1.60. The molecule has 0 radical (unpaired) electrons. The third-order valence-electron chi connectivity index (χ3n) is 5.05. The van der Waals surface area contributed by atoms with Crippen molar-refractivity contribution < 1.29 is 14.3 Å². The fourth-order valence-corrected chi connectivity index (χ4v) is 4.46. The van der Waals surface area contributed by atoms with Crippen LogP contribution in [0.25, 0.3) is 0 Å². The Morgan fingerprint density at radius 2 is 1.94 bits per heavy atom. The summed E-state index contributed by atoms with van der Waals surface area (Å²) in [5.74, 6) is -0.977. The molecule has 8 nitrogen and oxygen atoms in total. The number of hydrogen-bond donors (Lipinski definition) is 1. The molecule has 2 amide bonds. The molecule has 1 aliphatic rings. The second-order valence-corrected chi connectivity index (χ2v) is 7.73. The van der Waals surface area contributed by atoms with Gasteiger partial charge in [0, 0.05) is 15.6 Å². The number of ether oxygens (including phenoxy) is 1. The Morgan fingerprint density at radius 3 is 2.56 bits per heavy atom. The SMILES string of the molecule is CCOC(=O)NC(=O)C(C#N)N=Nc1cc(Cl)c(C2(C#N)CCc3ccccc32)c(Cl)c1. The van der Waals surface area contributed by atoms with Gasteiger partial charge in [-0.25, -0.2) is 4.79 Å². The van der Waals surface area contributed by atoms with Crippen LogP contribution in [-0.2, 0) is 21.4 Å². The molecule has 2 aromatic carbocycles. The number of carbonyl (C=O) groups is 2. The number of nitrogens with one attached hydrogen (secondary N) is 1. The van der Waals surface area contributed by atoms with E-state index in [-0.39, 0.29) is 22.3 Å². The molecule has 0 saturated heterocycles. The van der Waals surface area contributed by atoms with Gasteiger partial charge >= 0.3 is 6.09 Å². The number of nitriles is 2. The summed E-state index contributed by atoms with van der Waals surface area (Å²) in [6.45, 7) is 1.64. The van der Waals surface area contributed by atoms with Crippen LogP contribution in [0.3, 0.4) is 0 Å². The van der Waals surface area contributed by atoms with Crippen LogP contribution in [0.5, 0.6) is 0 Å². The second-order valence-electron chi connectivity index (χ2n) is 6.92. The number of benzene rings is 2.